The lowest BCUT2D eigenvalue weighted by Crippen LogP contribution is -2.29. The Morgan fingerprint density at radius 3 is 2.75 bits per heavy atom. The predicted octanol–water partition coefficient (Wildman–Crippen LogP) is 2.89. The maximum Gasteiger partial charge on any atom is 0.237 e. The Labute approximate surface area is 125 Å². The fourth-order valence-corrected chi connectivity index (χ4v) is 5.12. The highest BCUT2D eigenvalue weighted by molar-refractivity contribution is 7.93. The van der Waals surface area contributed by atoms with Crippen molar-refractivity contribution in [2.24, 2.45) is 0 Å². The van der Waals surface area contributed by atoms with Gasteiger partial charge >= 0.3 is 0 Å². The van der Waals surface area contributed by atoms with Crippen LogP contribution in [0.4, 0.5) is 5.13 Å². The van der Waals surface area contributed by atoms with E-state index in [1.165, 1.54) is 11.3 Å². The van der Waals surface area contributed by atoms with Crippen LogP contribution in [-0.4, -0.2) is 25.2 Å². The zero-order valence-electron chi connectivity index (χ0n) is 12.1. The smallest absolute Gasteiger partial charge is 0.237 e. The number of rotatable bonds is 6. The lowest BCUT2D eigenvalue weighted by molar-refractivity contribution is 0.486. The van der Waals surface area contributed by atoms with Crippen molar-refractivity contribution in [2.75, 3.05) is 11.3 Å². The summed E-state index contributed by atoms with van der Waals surface area (Å²) in [6.07, 6.45) is 4.69. The van der Waals surface area contributed by atoms with E-state index in [1.807, 2.05) is 19.2 Å². The second-order valence-corrected chi connectivity index (χ2v) is 8.08. The van der Waals surface area contributed by atoms with E-state index >= 15 is 0 Å². The zero-order valence-corrected chi connectivity index (χ0v) is 13.7. The van der Waals surface area contributed by atoms with Crippen LogP contribution in [0, 0.1) is 0 Å². The molecule has 1 aromatic heterocycles. The molecule has 1 unspecified atom stereocenters. The Kier molecular flexibility index (Phi) is 5.40. The number of anilines is 1. The average molecular weight is 317 g/mol. The van der Waals surface area contributed by atoms with Crippen molar-refractivity contribution in [1.82, 2.24) is 10.3 Å². The lowest BCUT2D eigenvalue weighted by atomic mass is 10.0. The standard InChI is InChI=1S/C13H23N3O2S2/c1-3-14-10(2)12-9-19-13(15-12)16-20(17,18)11-7-5-4-6-8-11/h9-11,14H,3-8H2,1-2H3,(H,15,16). The quantitative estimate of drug-likeness (QED) is 0.846. The Bertz CT molecular complexity index is 521. The summed E-state index contributed by atoms with van der Waals surface area (Å²) >= 11 is 1.35. The first kappa shape index (κ1) is 15.7. The number of aromatic nitrogens is 1. The molecule has 0 aromatic carbocycles. The van der Waals surface area contributed by atoms with Gasteiger partial charge in [0.05, 0.1) is 10.9 Å². The SMILES string of the molecule is CCNC(C)c1csc(NS(=O)(=O)C2CCCCC2)n1. The molecule has 1 heterocycles. The van der Waals surface area contributed by atoms with Gasteiger partial charge < -0.3 is 5.32 Å². The molecule has 0 amide bonds. The summed E-state index contributed by atoms with van der Waals surface area (Å²) in [5.74, 6) is 0. The second-order valence-electron chi connectivity index (χ2n) is 5.26. The van der Waals surface area contributed by atoms with Gasteiger partial charge in [-0.05, 0) is 26.3 Å². The third-order valence-corrected chi connectivity index (χ3v) is 6.43. The topological polar surface area (TPSA) is 71.1 Å². The van der Waals surface area contributed by atoms with E-state index in [-0.39, 0.29) is 11.3 Å². The second kappa shape index (κ2) is 6.87. The molecule has 1 atom stereocenters. The fourth-order valence-electron chi connectivity index (χ4n) is 2.52. The summed E-state index contributed by atoms with van der Waals surface area (Å²) in [6, 6.07) is 0.143. The van der Waals surface area contributed by atoms with Crippen LogP contribution in [0.15, 0.2) is 5.38 Å². The zero-order chi connectivity index (χ0) is 14.6. The molecule has 114 valence electrons. The molecule has 0 saturated heterocycles. The number of hydrogen-bond acceptors (Lipinski definition) is 5. The summed E-state index contributed by atoms with van der Waals surface area (Å²) in [6.45, 7) is 4.93. The van der Waals surface area contributed by atoms with Crippen LogP contribution in [0.25, 0.3) is 0 Å². The van der Waals surface area contributed by atoms with E-state index in [2.05, 4.69) is 15.0 Å². The molecule has 2 rings (SSSR count). The van der Waals surface area contributed by atoms with E-state index in [0.717, 1.165) is 44.3 Å². The largest absolute Gasteiger partial charge is 0.309 e. The van der Waals surface area contributed by atoms with Crippen molar-refractivity contribution in [2.45, 2.75) is 57.2 Å². The van der Waals surface area contributed by atoms with Gasteiger partial charge in [-0.3, -0.25) is 4.72 Å². The Balaban J connectivity index is 2.02. The molecule has 0 bridgehead atoms. The molecule has 0 spiro atoms. The highest BCUT2D eigenvalue weighted by atomic mass is 32.2. The highest BCUT2D eigenvalue weighted by Gasteiger charge is 2.28. The lowest BCUT2D eigenvalue weighted by Gasteiger charge is -2.21. The van der Waals surface area contributed by atoms with E-state index in [1.54, 1.807) is 0 Å². The van der Waals surface area contributed by atoms with Crippen molar-refractivity contribution in [3.8, 4) is 0 Å². The molecule has 1 aliphatic carbocycles. The Morgan fingerprint density at radius 2 is 2.10 bits per heavy atom. The van der Waals surface area contributed by atoms with Crippen molar-refractivity contribution < 1.29 is 8.42 Å². The summed E-state index contributed by atoms with van der Waals surface area (Å²) in [4.78, 5) is 4.37. The molecule has 1 saturated carbocycles. The van der Waals surface area contributed by atoms with Crippen LogP contribution < -0.4 is 10.0 Å². The summed E-state index contributed by atoms with van der Waals surface area (Å²) < 4.78 is 27.3. The molecule has 5 nitrogen and oxygen atoms in total. The molecular formula is C13H23N3O2S2. The van der Waals surface area contributed by atoms with Crippen molar-refractivity contribution in [1.29, 1.82) is 0 Å². The first-order valence-corrected chi connectivity index (χ1v) is 9.66. The molecule has 1 aliphatic rings. The summed E-state index contributed by atoms with van der Waals surface area (Å²) in [7, 11) is -3.28. The third-order valence-electron chi connectivity index (χ3n) is 3.70. The molecule has 2 N–H and O–H groups in total. The number of nitrogens with zero attached hydrogens (tertiary/aromatic N) is 1. The molecular weight excluding hydrogens is 294 g/mol. The first-order valence-electron chi connectivity index (χ1n) is 7.23. The van der Waals surface area contributed by atoms with Gasteiger partial charge in [-0.2, -0.15) is 0 Å². The molecule has 1 aromatic rings. The minimum atomic E-state index is -3.28. The Hall–Kier alpha value is -0.660. The van der Waals surface area contributed by atoms with E-state index < -0.39 is 10.0 Å². The maximum absolute atomic E-state index is 12.3. The minimum absolute atomic E-state index is 0.143. The highest BCUT2D eigenvalue weighted by Crippen LogP contribution is 2.27. The van der Waals surface area contributed by atoms with E-state index in [9.17, 15) is 8.42 Å². The van der Waals surface area contributed by atoms with Crippen LogP contribution in [-0.2, 0) is 10.0 Å². The molecule has 1 fully saturated rings. The number of hydrogen-bond donors (Lipinski definition) is 2. The van der Waals surface area contributed by atoms with Crippen LogP contribution >= 0.6 is 11.3 Å². The number of thiazole rings is 1. The normalized spacial score (nSPS) is 18.9. The van der Waals surface area contributed by atoms with Crippen LogP contribution in [0.1, 0.15) is 57.7 Å². The average Bonchev–Trinajstić information content (AvgIpc) is 2.88. The van der Waals surface area contributed by atoms with Crippen LogP contribution in [0.5, 0.6) is 0 Å². The van der Waals surface area contributed by atoms with Crippen LogP contribution in [0.2, 0.25) is 0 Å². The van der Waals surface area contributed by atoms with Gasteiger partial charge in [-0.15, -0.1) is 11.3 Å². The van der Waals surface area contributed by atoms with Gasteiger partial charge in [0, 0.05) is 11.4 Å². The van der Waals surface area contributed by atoms with Gasteiger partial charge in [-0.1, -0.05) is 26.2 Å². The molecule has 0 radical (unpaired) electrons. The van der Waals surface area contributed by atoms with Crippen molar-refractivity contribution in [3.05, 3.63) is 11.1 Å². The fraction of sp³-hybridized carbons (Fsp3) is 0.769. The maximum atomic E-state index is 12.3. The summed E-state index contributed by atoms with van der Waals surface area (Å²) in [5.41, 5.74) is 0.887. The number of sulfonamides is 1. The van der Waals surface area contributed by atoms with Crippen LogP contribution in [0.3, 0.4) is 0 Å². The summed E-state index contributed by atoms with van der Waals surface area (Å²) in [5, 5.41) is 5.40. The van der Waals surface area contributed by atoms with Crippen molar-refractivity contribution in [3.63, 3.8) is 0 Å². The Morgan fingerprint density at radius 1 is 1.40 bits per heavy atom. The van der Waals surface area contributed by atoms with Gasteiger partial charge in [-0.25, -0.2) is 13.4 Å². The third kappa shape index (κ3) is 3.93. The van der Waals surface area contributed by atoms with E-state index in [4.69, 9.17) is 0 Å². The minimum Gasteiger partial charge on any atom is -0.309 e. The van der Waals surface area contributed by atoms with Gasteiger partial charge in [0.2, 0.25) is 10.0 Å². The van der Waals surface area contributed by atoms with Gasteiger partial charge in [0.15, 0.2) is 5.13 Å². The molecule has 7 heteroatoms. The predicted molar refractivity (Wildman–Crippen MR) is 83.6 cm³/mol. The van der Waals surface area contributed by atoms with Gasteiger partial charge in [0.1, 0.15) is 0 Å². The first-order chi connectivity index (χ1) is 9.53. The van der Waals surface area contributed by atoms with Gasteiger partial charge in [0.25, 0.3) is 0 Å². The van der Waals surface area contributed by atoms with Crippen molar-refractivity contribution >= 4 is 26.5 Å². The van der Waals surface area contributed by atoms with E-state index in [0.29, 0.717) is 5.13 Å². The monoisotopic (exact) mass is 317 g/mol. The molecule has 20 heavy (non-hydrogen) atoms. The number of nitrogens with one attached hydrogen (secondary N) is 2. The molecule has 0 aliphatic heterocycles.